The summed E-state index contributed by atoms with van der Waals surface area (Å²) in [5, 5.41) is 2.00. The highest BCUT2D eigenvalue weighted by Crippen LogP contribution is 2.42. The molecule has 0 radical (unpaired) electrons. The van der Waals surface area contributed by atoms with Gasteiger partial charge in [0.05, 0.1) is 23.8 Å². The number of aryl methyl sites for hydroxylation is 1. The van der Waals surface area contributed by atoms with E-state index in [1.165, 1.54) is 6.20 Å². The molecule has 0 saturated heterocycles. The van der Waals surface area contributed by atoms with Crippen LogP contribution in [0.4, 0.5) is 0 Å². The van der Waals surface area contributed by atoms with Crippen molar-refractivity contribution in [3.8, 4) is 0 Å². The van der Waals surface area contributed by atoms with E-state index in [2.05, 4.69) is 4.99 Å². The molecule has 2 heterocycles. The minimum atomic E-state index is -0.343. The molecule has 124 valence electrons. The molecule has 1 aliphatic heterocycles. The minimum Gasteiger partial charge on any atom is -0.463 e. The summed E-state index contributed by atoms with van der Waals surface area (Å²) < 4.78 is 5.28. The fourth-order valence-corrected chi connectivity index (χ4v) is 3.80. The molecule has 1 aromatic rings. The number of rotatable bonds is 5. The molecule has 0 spiro atoms. The summed E-state index contributed by atoms with van der Waals surface area (Å²) in [5.41, 5.74) is 14.9. The van der Waals surface area contributed by atoms with Crippen molar-refractivity contribution in [2.45, 2.75) is 39.5 Å². The topological polar surface area (TPSA) is 90.7 Å². The Morgan fingerprint density at radius 2 is 2.22 bits per heavy atom. The number of hydrogen-bond acceptors (Lipinski definition) is 6. The monoisotopic (exact) mass is 333 g/mol. The molecule has 0 aliphatic carbocycles. The van der Waals surface area contributed by atoms with Crippen molar-refractivity contribution < 1.29 is 9.53 Å². The molecule has 0 amide bonds. The Morgan fingerprint density at radius 3 is 2.74 bits per heavy atom. The van der Waals surface area contributed by atoms with E-state index in [1.807, 2.05) is 25.3 Å². The maximum absolute atomic E-state index is 12.6. The van der Waals surface area contributed by atoms with Crippen LogP contribution < -0.4 is 11.5 Å². The number of carbonyl (C=O) groups excluding carboxylic acids is 1. The lowest BCUT2D eigenvalue weighted by atomic mass is 9.83. The number of carbonyl (C=O) groups is 1. The molecule has 23 heavy (non-hydrogen) atoms. The Kier molecular flexibility index (Phi) is 5.60. The van der Waals surface area contributed by atoms with Gasteiger partial charge >= 0.3 is 5.97 Å². The third-order valence-corrected chi connectivity index (χ3v) is 4.87. The molecule has 0 bridgehead atoms. The molecule has 1 aromatic heterocycles. The summed E-state index contributed by atoms with van der Waals surface area (Å²) in [4.78, 5) is 18.1. The first kappa shape index (κ1) is 17.3. The van der Waals surface area contributed by atoms with Gasteiger partial charge in [0, 0.05) is 16.7 Å². The first-order valence-electron chi connectivity index (χ1n) is 7.75. The summed E-state index contributed by atoms with van der Waals surface area (Å²) in [6.45, 7) is 6.17. The molecule has 4 N–H and O–H groups in total. The van der Waals surface area contributed by atoms with E-state index in [0.29, 0.717) is 35.7 Å². The first-order valence-corrected chi connectivity index (χ1v) is 8.63. The van der Waals surface area contributed by atoms with Gasteiger partial charge in [-0.1, -0.05) is 13.3 Å². The zero-order valence-corrected chi connectivity index (χ0v) is 14.6. The fraction of sp³-hybridized carbons (Fsp3) is 0.412. The van der Waals surface area contributed by atoms with Crippen molar-refractivity contribution in [2.75, 3.05) is 6.61 Å². The highest BCUT2D eigenvalue weighted by molar-refractivity contribution is 7.10. The molecule has 0 saturated carbocycles. The molecule has 1 aliphatic rings. The Labute approximate surface area is 140 Å². The molecule has 2 rings (SSSR count). The van der Waals surface area contributed by atoms with Crippen LogP contribution in [0.15, 0.2) is 39.5 Å². The average Bonchev–Trinajstić information content (AvgIpc) is 2.93. The third kappa shape index (κ3) is 3.32. The molecule has 0 fully saturated rings. The Hall–Kier alpha value is -2.08. The lowest BCUT2D eigenvalue weighted by Crippen LogP contribution is -2.30. The van der Waals surface area contributed by atoms with Gasteiger partial charge in [-0.15, -0.1) is 11.3 Å². The van der Waals surface area contributed by atoms with Crippen molar-refractivity contribution in [3.63, 3.8) is 0 Å². The van der Waals surface area contributed by atoms with Gasteiger partial charge in [-0.2, -0.15) is 0 Å². The van der Waals surface area contributed by atoms with Gasteiger partial charge in [-0.25, -0.2) is 9.79 Å². The predicted octanol–water partition coefficient (Wildman–Crippen LogP) is 2.97. The summed E-state index contributed by atoms with van der Waals surface area (Å²) in [5.74, 6) is -0.274. The zero-order valence-electron chi connectivity index (χ0n) is 13.8. The molecule has 1 unspecified atom stereocenters. The number of hydrogen-bond donors (Lipinski definition) is 2. The van der Waals surface area contributed by atoms with E-state index in [4.69, 9.17) is 16.2 Å². The van der Waals surface area contributed by atoms with Crippen LogP contribution in [-0.2, 0) is 9.53 Å². The van der Waals surface area contributed by atoms with E-state index in [-0.39, 0.29) is 11.9 Å². The van der Waals surface area contributed by atoms with Gasteiger partial charge in [0.15, 0.2) is 0 Å². The summed E-state index contributed by atoms with van der Waals surface area (Å²) in [6.07, 6.45) is 2.99. The number of ether oxygens (including phenoxy) is 1. The largest absolute Gasteiger partial charge is 0.463 e. The molecule has 0 aromatic carbocycles. The van der Waals surface area contributed by atoms with Gasteiger partial charge in [0.2, 0.25) is 0 Å². The standard InChI is InChI=1S/C17H23N3O2S/c1-4-6-12-14(17(21)22-5-2)13(11(9-18)16(19)20-12)15-10(3)7-8-23-15/h7-9,13H,4-6,18H2,1-3H3,(H2,19,20)/b11-9-. The molecular weight excluding hydrogens is 310 g/mol. The summed E-state index contributed by atoms with van der Waals surface area (Å²) in [7, 11) is 0. The molecular formula is C17H23N3O2S. The Morgan fingerprint density at radius 1 is 1.48 bits per heavy atom. The first-order chi connectivity index (χ1) is 11.0. The lowest BCUT2D eigenvalue weighted by molar-refractivity contribution is -0.138. The number of nitrogens with two attached hydrogens (primary N) is 2. The highest BCUT2D eigenvalue weighted by Gasteiger charge is 2.36. The van der Waals surface area contributed by atoms with E-state index in [1.54, 1.807) is 18.3 Å². The summed E-state index contributed by atoms with van der Waals surface area (Å²) >= 11 is 1.59. The number of nitrogens with zero attached hydrogens (tertiary/aromatic N) is 1. The van der Waals surface area contributed by atoms with Crippen molar-refractivity contribution in [1.29, 1.82) is 0 Å². The van der Waals surface area contributed by atoms with Crippen molar-refractivity contribution in [1.82, 2.24) is 0 Å². The van der Waals surface area contributed by atoms with Crippen LogP contribution in [0.25, 0.3) is 0 Å². The van der Waals surface area contributed by atoms with Gasteiger partial charge in [0.25, 0.3) is 0 Å². The van der Waals surface area contributed by atoms with Crippen molar-refractivity contribution in [2.24, 2.45) is 16.5 Å². The van der Waals surface area contributed by atoms with Crippen LogP contribution in [0.3, 0.4) is 0 Å². The predicted molar refractivity (Wildman–Crippen MR) is 94.3 cm³/mol. The fourth-order valence-electron chi connectivity index (χ4n) is 2.75. The number of aliphatic imine (C=N–C) groups is 1. The van der Waals surface area contributed by atoms with Gasteiger partial charge in [-0.05, 0) is 37.3 Å². The van der Waals surface area contributed by atoms with E-state index in [9.17, 15) is 4.79 Å². The van der Waals surface area contributed by atoms with E-state index >= 15 is 0 Å². The SMILES string of the molecule is CCCC1=C(C(=O)OCC)C(c2sccc2C)/C(=C/N)C(N)=N1. The second-order valence-electron chi connectivity index (χ2n) is 5.35. The third-order valence-electron chi connectivity index (χ3n) is 3.79. The molecule has 1 atom stereocenters. The minimum absolute atomic E-state index is 0.307. The maximum Gasteiger partial charge on any atom is 0.336 e. The summed E-state index contributed by atoms with van der Waals surface area (Å²) in [6, 6.07) is 2.03. The van der Waals surface area contributed by atoms with Crippen molar-refractivity contribution >= 4 is 23.1 Å². The van der Waals surface area contributed by atoms with Crippen LogP contribution >= 0.6 is 11.3 Å². The molecule has 6 heteroatoms. The number of allylic oxidation sites excluding steroid dienone is 1. The van der Waals surface area contributed by atoms with Crippen LogP contribution in [0.2, 0.25) is 0 Å². The van der Waals surface area contributed by atoms with Crippen LogP contribution in [0, 0.1) is 6.92 Å². The smallest absolute Gasteiger partial charge is 0.336 e. The van der Waals surface area contributed by atoms with Crippen molar-refractivity contribution in [3.05, 3.63) is 44.9 Å². The van der Waals surface area contributed by atoms with Gasteiger partial charge < -0.3 is 16.2 Å². The zero-order chi connectivity index (χ0) is 17.0. The van der Waals surface area contributed by atoms with Crippen LogP contribution in [0.5, 0.6) is 0 Å². The quantitative estimate of drug-likeness (QED) is 0.811. The lowest BCUT2D eigenvalue weighted by Gasteiger charge is -2.27. The van der Waals surface area contributed by atoms with E-state index < -0.39 is 0 Å². The molecule has 5 nitrogen and oxygen atoms in total. The Balaban J connectivity index is 2.67. The van der Waals surface area contributed by atoms with Gasteiger partial charge in [-0.3, -0.25) is 0 Å². The second kappa shape index (κ2) is 7.46. The normalized spacial score (nSPS) is 19.9. The number of esters is 1. The van der Waals surface area contributed by atoms with Crippen LogP contribution in [0.1, 0.15) is 43.0 Å². The number of thiophene rings is 1. The number of amidine groups is 1. The Bertz CT molecular complexity index is 686. The van der Waals surface area contributed by atoms with Crippen LogP contribution in [-0.4, -0.2) is 18.4 Å². The maximum atomic E-state index is 12.6. The van der Waals surface area contributed by atoms with Gasteiger partial charge in [0.1, 0.15) is 5.84 Å². The highest BCUT2D eigenvalue weighted by atomic mass is 32.1. The van der Waals surface area contributed by atoms with E-state index in [0.717, 1.165) is 16.9 Å². The second-order valence-corrected chi connectivity index (χ2v) is 6.30. The average molecular weight is 333 g/mol.